The van der Waals surface area contributed by atoms with Crippen LogP contribution in [0.3, 0.4) is 0 Å². The average molecular weight is 565 g/mol. The maximum atomic E-state index is 12.6. The fourth-order valence-electron chi connectivity index (χ4n) is 2.85. The number of pyridine rings is 1. The summed E-state index contributed by atoms with van der Waals surface area (Å²) >= 11 is 5.80. The number of aliphatic imine (C=N–C) groups is 1. The van der Waals surface area contributed by atoms with Crippen molar-refractivity contribution in [2.75, 3.05) is 39.8 Å². The van der Waals surface area contributed by atoms with Gasteiger partial charge >= 0.3 is 6.18 Å². The minimum atomic E-state index is -4.51. The number of likely N-dealkylation sites (tertiary alicyclic amines) is 1. The van der Waals surface area contributed by atoms with Crippen molar-refractivity contribution in [3.05, 3.63) is 22.8 Å². The topological polar surface area (TPSA) is 105 Å². The molecule has 2 rings (SSSR count). The molecule has 8 nitrogen and oxygen atoms in total. The summed E-state index contributed by atoms with van der Waals surface area (Å²) in [4.78, 5) is 20.7. The van der Waals surface area contributed by atoms with Crippen LogP contribution in [-0.2, 0) is 11.0 Å². The number of carbonyl (C=O) groups is 1. The number of rotatable bonds is 7. The zero-order valence-corrected chi connectivity index (χ0v) is 19.4. The summed E-state index contributed by atoms with van der Waals surface area (Å²) < 4.78 is 43.2. The number of alkyl halides is 3. The summed E-state index contributed by atoms with van der Waals surface area (Å²) in [7, 11) is 1.63. The van der Waals surface area contributed by atoms with Gasteiger partial charge in [0.2, 0.25) is 11.8 Å². The number of nitrogens with zero attached hydrogens (tertiary/aromatic N) is 3. The van der Waals surface area contributed by atoms with Gasteiger partial charge in [-0.15, -0.1) is 24.0 Å². The van der Waals surface area contributed by atoms with E-state index in [0.717, 1.165) is 32.0 Å². The Hall–Kier alpha value is -1.54. The van der Waals surface area contributed by atoms with Gasteiger partial charge < -0.3 is 21.1 Å². The highest BCUT2D eigenvalue weighted by atomic mass is 127. The lowest BCUT2D eigenvalue weighted by Crippen LogP contribution is -2.50. The number of piperidine rings is 1. The molecule has 0 bridgehead atoms. The Kier molecular flexibility index (Phi) is 10.9. The Labute approximate surface area is 194 Å². The monoisotopic (exact) mass is 564 g/mol. The largest absolute Gasteiger partial charge is 0.475 e. The molecule has 2 heterocycles. The van der Waals surface area contributed by atoms with Crippen molar-refractivity contribution in [2.45, 2.75) is 25.1 Å². The first-order valence-corrected chi connectivity index (χ1v) is 9.40. The third-order valence-corrected chi connectivity index (χ3v) is 4.57. The number of guanidine groups is 1. The predicted octanol–water partition coefficient (Wildman–Crippen LogP) is 1.87. The van der Waals surface area contributed by atoms with Crippen LogP contribution in [0.1, 0.15) is 18.4 Å². The molecule has 0 aromatic carbocycles. The first-order valence-electron chi connectivity index (χ1n) is 9.02. The molecule has 0 aliphatic carbocycles. The summed E-state index contributed by atoms with van der Waals surface area (Å²) in [6, 6.07) is 0.986. The van der Waals surface area contributed by atoms with Crippen molar-refractivity contribution < 1.29 is 22.7 Å². The lowest BCUT2D eigenvalue weighted by atomic mass is 10.1. The molecule has 1 aliphatic rings. The van der Waals surface area contributed by atoms with Gasteiger partial charge in [0.25, 0.3) is 0 Å². The number of aromatic nitrogens is 1. The molecule has 13 heteroatoms. The minimum Gasteiger partial charge on any atom is -0.475 e. The first kappa shape index (κ1) is 26.5. The molecule has 1 aromatic rings. The molecule has 1 aromatic heterocycles. The number of primary amides is 1. The lowest BCUT2D eigenvalue weighted by Gasteiger charge is -2.32. The van der Waals surface area contributed by atoms with E-state index in [0.29, 0.717) is 18.7 Å². The maximum absolute atomic E-state index is 12.6. The molecular weight excluding hydrogens is 540 g/mol. The summed E-state index contributed by atoms with van der Waals surface area (Å²) in [6.07, 6.45) is -2.14. The molecule has 30 heavy (non-hydrogen) atoms. The molecule has 4 N–H and O–H groups in total. The van der Waals surface area contributed by atoms with E-state index >= 15 is 0 Å². The Balaban J connectivity index is 0.00000450. The predicted molar refractivity (Wildman–Crippen MR) is 118 cm³/mol. The van der Waals surface area contributed by atoms with Gasteiger partial charge in [-0.3, -0.25) is 14.7 Å². The smallest absolute Gasteiger partial charge is 0.417 e. The molecular formula is C17H25ClF3IN6O2. The van der Waals surface area contributed by atoms with Crippen LogP contribution in [0, 0.1) is 0 Å². The van der Waals surface area contributed by atoms with Crippen LogP contribution in [0.15, 0.2) is 17.3 Å². The average Bonchev–Trinajstić information content (AvgIpc) is 2.65. The van der Waals surface area contributed by atoms with Gasteiger partial charge in [0.1, 0.15) is 11.6 Å². The van der Waals surface area contributed by atoms with E-state index in [2.05, 4.69) is 20.6 Å². The van der Waals surface area contributed by atoms with Crippen molar-refractivity contribution in [2.24, 2.45) is 10.7 Å². The molecule has 1 aliphatic heterocycles. The molecule has 0 radical (unpaired) electrons. The molecule has 170 valence electrons. The van der Waals surface area contributed by atoms with Crippen LogP contribution < -0.4 is 21.1 Å². The van der Waals surface area contributed by atoms with Gasteiger partial charge in [-0.1, -0.05) is 11.6 Å². The Bertz CT molecular complexity index is 730. The van der Waals surface area contributed by atoms with Crippen LogP contribution in [0.2, 0.25) is 5.02 Å². The van der Waals surface area contributed by atoms with E-state index in [1.54, 1.807) is 7.05 Å². The molecule has 0 spiro atoms. The summed E-state index contributed by atoms with van der Waals surface area (Å²) in [6.45, 7) is 2.27. The number of amides is 1. The van der Waals surface area contributed by atoms with E-state index in [4.69, 9.17) is 22.1 Å². The summed E-state index contributed by atoms with van der Waals surface area (Å²) in [5.74, 6) is 0.177. The second kappa shape index (κ2) is 12.3. The van der Waals surface area contributed by atoms with Gasteiger partial charge in [-0.2, -0.15) is 13.2 Å². The third kappa shape index (κ3) is 8.68. The Morgan fingerprint density at radius 2 is 2.10 bits per heavy atom. The van der Waals surface area contributed by atoms with Crippen LogP contribution in [-0.4, -0.2) is 67.6 Å². The second-order valence-electron chi connectivity index (χ2n) is 6.52. The van der Waals surface area contributed by atoms with Crippen molar-refractivity contribution in [3.63, 3.8) is 0 Å². The summed E-state index contributed by atoms with van der Waals surface area (Å²) in [5.41, 5.74) is 4.28. The molecule has 0 atom stereocenters. The highest BCUT2D eigenvalue weighted by Crippen LogP contribution is 2.32. The van der Waals surface area contributed by atoms with Gasteiger partial charge in [0, 0.05) is 32.4 Å². The Morgan fingerprint density at radius 1 is 1.43 bits per heavy atom. The molecule has 1 amide bonds. The van der Waals surface area contributed by atoms with Crippen molar-refractivity contribution in [1.29, 1.82) is 0 Å². The minimum absolute atomic E-state index is 0. The van der Waals surface area contributed by atoms with E-state index < -0.39 is 11.7 Å². The molecule has 1 saturated heterocycles. The lowest BCUT2D eigenvalue weighted by molar-refractivity contribution is -0.137. The number of nitrogens with two attached hydrogens (primary N) is 1. The number of halogens is 5. The van der Waals surface area contributed by atoms with Crippen LogP contribution in [0.4, 0.5) is 13.2 Å². The zero-order valence-electron chi connectivity index (χ0n) is 16.3. The molecule has 0 unspecified atom stereocenters. The fraction of sp³-hybridized carbons (Fsp3) is 0.588. The quantitative estimate of drug-likeness (QED) is 0.202. The zero-order chi connectivity index (χ0) is 21.4. The number of hydrogen-bond donors (Lipinski definition) is 3. The number of carbonyl (C=O) groups excluding carboxylic acids is 1. The van der Waals surface area contributed by atoms with Crippen molar-refractivity contribution in [3.8, 4) is 5.88 Å². The van der Waals surface area contributed by atoms with Crippen LogP contribution in [0.25, 0.3) is 0 Å². The van der Waals surface area contributed by atoms with Crippen LogP contribution in [0.5, 0.6) is 5.88 Å². The van der Waals surface area contributed by atoms with Crippen LogP contribution >= 0.6 is 35.6 Å². The third-order valence-electron chi connectivity index (χ3n) is 4.30. The SMILES string of the molecule is CN=C(NCCOc1ncc(C(F)(F)F)cc1Cl)NC1CCN(CC(N)=O)CC1.I. The number of ether oxygens (including phenoxy) is 1. The second-order valence-corrected chi connectivity index (χ2v) is 6.92. The first-order chi connectivity index (χ1) is 13.7. The standard InChI is InChI=1S/C17H24ClF3N6O2.HI/c1-23-16(26-12-2-5-27(6-3-12)10-14(22)28)24-4-7-29-15-13(18)8-11(9-25-15)17(19,20)21;/h8-9,12H,2-7,10H2,1H3,(H2,22,28)(H2,23,24,26);1H. The number of hydrogen-bond acceptors (Lipinski definition) is 5. The van der Waals surface area contributed by atoms with Gasteiger partial charge in [-0.25, -0.2) is 4.98 Å². The van der Waals surface area contributed by atoms with Gasteiger partial charge in [0.15, 0.2) is 5.96 Å². The van der Waals surface area contributed by atoms with Crippen molar-refractivity contribution >= 4 is 47.4 Å². The molecule has 1 fully saturated rings. The molecule has 0 saturated carbocycles. The Morgan fingerprint density at radius 3 is 2.63 bits per heavy atom. The normalized spacial score (nSPS) is 16.0. The highest BCUT2D eigenvalue weighted by molar-refractivity contribution is 14.0. The highest BCUT2D eigenvalue weighted by Gasteiger charge is 2.31. The number of nitrogens with one attached hydrogen (secondary N) is 2. The maximum Gasteiger partial charge on any atom is 0.417 e. The van der Waals surface area contributed by atoms with Gasteiger partial charge in [-0.05, 0) is 18.9 Å². The van der Waals surface area contributed by atoms with E-state index in [-0.39, 0.29) is 60.0 Å². The van der Waals surface area contributed by atoms with E-state index in [1.165, 1.54) is 0 Å². The van der Waals surface area contributed by atoms with Gasteiger partial charge in [0.05, 0.1) is 18.7 Å². The summed E-state index contributed by atoms with van der Waals surface area (Å²) in [5, 5.41) is 6.14. The van der Waals surface area contributed by atoms with Crippen molar-refractivity contribution in [1.82, 2.24) is 20.5 Å². The fourth-order valence-corrected chi connectivity index (χ4v) is 3.07. The van der Waals surface area contributed by atoms with E-state index in [1.807, 2.05) is 4.90 Å². The van der Waals surface area contributed by atoms with E-state index in [9.17, 15) is 18.0 Å².